The standard InChI is InChI=1S/C32H42N8O/c1-22(2)35-31(36-23(3)34)29-21-40-16-17-41-30-18-25(11-12-27(30)32(40)38-29)28(13-14-33)37-26-10-7-15-39(20-26)19-24-8-5-4-6-9-24/h4-6,8-9,11-14,18,22,26,29H,7,10,15-17,19-21,33H2,1-3H3,(H2,34,35,36). The Labute approximate surface area is 243 Å². The van der Waals surface area contributed by atoms with Crippen LogP contribution in [0, 0.1) is 0 Å². The first-order chi connectivity index (χ1) is 19.9. The van der Waals surface area contributed by atoms with Gasteiger partial charge in [0.15, 0.2) is 5.84 Å². The Hall–Kier alpha value is -3.98. The van der Waals surface area contributed by atoms with Gasteiger partial charge in [0.25, 0.3) is 0 Å². The number of aliphatic imine (C=N–C) groups is 4. The molecule has 2 unspecified atom stereocenters. The maximum atomic E-state index is 6.23. The van der Waals surface area contributed by atoms with Gasteiger partial charge in [0.1, 0.15) is 24.2 Å². The second-order valence-corrected chi connectivity index (χ2v) is 11.2. The van der Waals surface area contributed by atoms with Crippen LogP contribution in [-0.2, 0) is 6.54 Å². The van der Waals surface area contributed by atoms with Crippen LogP contribution in [0.1, 0.15) is 50.3 Å². The van der Waals surface area contributed by atoms with Crippen molar-refractivity contribution in [2.75, 3.05) is 32.8 Å². The number of allylic oxidation sites excluding steroid dienone is 1. The largest absolute Gasteiger partial charge is 0.491 e. The average molecular weight is 555 g/mol. The highest BCUT2D eigenvalue weighted by Crippen LogP contribution is 2.29. The lowest BCUT2D eigenvalue weighted by Gasteiger charge is -2.31. The molecule has 0 amide bonds. The van der Waals surface area contributed by atoms with Gasteiger partial charge in [0.2, 0.25) is 0 Å². The number of likely N-dealkylation sites (tertiary alicyclic amines) is 1. The van der Waals surface area contributed by atoms with E-state index in [1.807, 2.05) is 19.9 Å². The number of hydrogen-bond donors (Lipinski definition) is 2. The lowest BCUT2D eigenvalue weighted by molar-refractivity contribution is 0.202. The van der Waals surface area contributed by atoms with Crippen LogP contribution in [-0.4, -0.2) is 83.9 Å². The Balaban J connectivity index is 1.39. The fraction of sp³-hybridized carbons (Fsp3) is 0.438. The first kappa shape index (κ1) is 28.5. The Bertz CT molecular complexity index is 1360. The van der Waals surface area contributed by atoms with Crippen molar-refractivity contribution < 1.29 is 4.74 Å². The molecule has 2 atom stereocenters. The summed E-state index contributed by atoms with van der Waals surface area (Å²) in [5.74, 6) is 2.88. The van der Waals surface area contributed by atoms with Gasteiger partial charge in [-0.15, -0.1) is 0 Å². The number of amidine groups is 3. The minimum absolute atomic E-state index is 0.106. The van der Waals surface area contributed by atoms with Crippen LogP contribution in [0.15, 0.2) is 80.8 Å². The molecule has 1 fully saturated rings. The summed E-state index contributed by atoms with van der Waals surface area (Å²) in [6, 6.07) is 17.0. The molecule has 216 valence electrons. The number of benzene rings is 2. The van der Waals surface area contributed by atoms with E-state index in [1.165, 1.54) is 5.56 Å². The molecule has 0 saturated carbocycles. The molecule has 1 saturated heterocycles. The van der Waals surface area contributed by atoms with E-state index in [1.54, 1.807) is 13.1 Å². The number of ether oxygens (including phenoxy) is 1. The van der Waals surface area contributed by atoms with Crippen molar-refractivity contribution in [2.24, 2.45) is 31.4 Å². The Morgan fingerprint density at radius 3 is 2.73 bits per heavy atom. The van der Waals surface area contributed by atoms with Crippen LogP contribution in [0.25, 0.3) is 0 Å². The van der Waals surface area contributed by atoms with E-state index < -0.39 is 0 Å². The highest BCUT2D eigenvalue weighted by atomic mass is 16.5. The number of piperidine rings is 1. The third-order valence-corrected chi connectivity index (χ3v) is 7.39. The van der Waals surface area contributed by atoms with Gasteiger partial charge in [0.05, 0.1) is 29.7 Å². The molecule has 0 aliphatic carbocycles. The van der Waals surface area contributed by atoms with Crippen molar-refractivity contribution in [3.8, 4) is 5.75 Å². The third kappa shape index (κ3) is 7.21. The summed E-state index contributed by atoms with van der Waals surface area (Å²) in [6.45, 7) is 10.8. The zero-order valence-corrected chi connectivity index (χ0v) is 24.4. The highest BCUT2D eigenvalue weighted by Gasteiger charge is 2.33. The molecule has 9 nitrogen and oxygen atoms in total. The molecular weight excluding hydrogens is 512 g/mol. The maximum Gasteiger partial charge on any atom is 0.152 e. The minimum atomic E-state index is -0.168. The van der Waals surface area contributed by atoms with Gasteiger partial charge in [-0.2, -0.15) is 0 Å². The first-order valence-electron chi connectivity index (χ1n) is 14.6. The summed E-state index contributed by atoms with van der Waals surface area (Å²) < 4.78 is 6.23. The fourth-order valence-electron chi connectivity index (χ4n) is 5.65. The van der Waals surface area contributed by atoms with E-state index >= 15 is 0 Å². The molecule has 4 N–H and O–H groups in total. The second-order valence-electron chi connectivity index (χ2n) is 11.2. The monoisotopic (exact) mass is 554 g/mol. The molecule has 2 aromatic rings. The van der Waals surface area contributed by atoms with Crippen LogP contribution >= 0.6 is 0 Å². The van der Waals surface area contributed by atoms with Crippen LogP contribution < -0.4 is 16.2 Å². The predicted molar refractivity (Wildman–Crippen MR) is 168 cm³/mol. The molecule has 3 aliphatic heterocycles. The molecule has 0 bridgehead atoms. The number of nitrogens with two attached hydrogens (primary N) is 2. The molecular formula is C32H42N8O. The number of nitrogens with zero attached hydrogens (tertiary/aromatic N) is 6. The van der Waals surface area contributed by atoms with Crippen molar-refractivity contribution in [1.82, 2.24) is 9.80 Å². The average Bonchev–Trinajstić information content (AvgIpc) is 3.29. The van der Waals surface area contributed by atoms with Gasteiger partial charge in [-0.3, -0.25) is 19.9 Å². The normalized spacial score (nSPS) is 22.4. The Morgan fingerprint density at radius 1 is 1.15 bits per heavy atom. The molecule has 0 aromatic heterocycles. The van der Waals surface area contributed by atoms with E-state index in [0.29, 0.717) is 24.8 Å². The molecule has 0 radical (unpaired) electrons. The smallest absolute Gasteiger partial charge is 0.152 e. The van der Waals surface area contributed by atoms with Crippen molar-refractivity contribution in [3.05, 3.63) is 77.5 Å². The SMILES string of the molecule is CC(N)=NC(=NC(C)C)C1CN2CCOc3cc(C(C=CN)=NC4CCCN(Cc5ccccc5)C4)ccc3C2=N1. The van der Waals surface area contributed by atoms with Crippen LogP contribution in [0.3, 0.4) is 0 Å². The quantitative estimate of drug-likeness (QED) is 0.401. The fourth-order valence-corrected chi connectivity index (χ4v) is 5.65. The molecule has 9 heteroatoms. The predicted octanol–water partition coefficient (Wildman–Crippen LogP) is 3.62. The van der Waals surface area contributed by atoms with Crippen molar-refractivity contribution in [1.29, 1.82) is 0 Å². The summed E-state index contributed by atoms with van der Waals surface area (Å²) in [5.41, 5.74) is 16.0. The number of hydrogen-bond acceptors (Lipinski definition) is 7. The summed E-state index contributed by atoms with van der Waals surface area (Å²) in [6.07, 6.45) is 5.65. The second kappa shape index (κ2) is 13.1. The van der Waals surface area contributed by atoms with Gasteiger partial charge in [-0.05, 0) is 70.1 Å². The van der Waals surface area contributed by atoms with Gasteiger partial charge >= 0.3 is 0 Å². The topological polar surface area (TPSA) is 117 Å². The van der Waals surface area contributed by atoms with E-state index in [4.69, 9.17) is 31.2 Å². The molecule has 3 heterocycles. The summed E-state index contributed by atoms with van der Waals surface area (Å²) in [5, 5.41) is 0. The van der Waals surface area contributed by atoms with E-state index in [0.717, 1.165) is 67.4 Å². The number of fused-ring (bicyclic) bond motifs is 3. The molecule has 41 heavy (non-hydrogen) atoms. The third-order valence-electron chi connectivity index (χ3n) is 7.39. The minimum Gasteiger partial charge on any atom is -0.491 e. The summed E-state index contributed by atoms with van der Waals surface area (Å²) in [7, 11) is 0. The lowest BCUT2D eigenvalue weighted by atomic mass is 10.0. The number of rotatable bonds is 7. The van der Waals surface area contributed by atoms with Crippen molar-refractivity contribution >= 4 is 23.2 Å². The van der Waals surface area contributed by atoms with Gasteiger partial charge in [0, 0.05) is 31.2 Å². The van der Waals surface area contributed by atoms with E-state index in [2.05, 4.69) is 63.3 Å². The summed E-state index contributed by atoms with van der Waals surface area (Å²) in [4.78, 5) is 24.2. The van der Waals surface area contributed by atoms with Crippen molar-refractivity contribution in [2.45, 2.75) is 58.3 Å². The highest BCUT2D eigenvalue weighted by molar-refractivity contribution is 6.11. The van der Waals surface area contributed by atoms with Gasteiger partial charge in [-0.1, -0.05) is 36.4 Å². The Morgan fingerprint density at radius 2 is 1.98 bits per heavy atom. The molecule has 0 spiro atoms. The van der Waals surface area contributed by atoms with Gasteiger partial charge < -0.3 is 21.1 Å². The van der Waals surface area contributed by atoms with Crippen LogP contribution in [0.2, 0.25) is 0 Å². The van der Waals surface area contributed by atoms with Crippen molar-refractivity contribution in [3.63, 3.8) is 0 Å². The van der Waals surface area contributed by atoms with Gasteiger partial charge in [-0.25, -0.2) is 4.99 Å². The summed E-state index contributed by atoms with van der Waals surface area (Å²) >= 11 is 0. The Kier molecular flexibility index (Phi) is 9.14. The zero-order valence-electron chi connectivity index (χ0n) is 24.4. The maximum absolute atomic E-state index is 6.23. The molecule has 3 aliphatic rings. The molecule has 5 rings (SSSR count). The first-order valence-corrected chi connectivity index (χ1v) is 14.6. The van der Waals surface area contributed by atoms with Crippen LogP contribution in [0.5, 0.6) is 5.75 Å². The van der Waals surface area contributed by atoms with E-state index in [9.17, 15) is 0 Å². The zero-order chi connectivity index (χ0) is 28.8. The molecule has 2 aromatic carbocycles. The van der Waals surface area contributed by atoms with Crippen LogP contribution in [0.4, 0.5) is 0 Å². The van der Waals surface area contributed by atoms with E-state index in [-0.39, 0.29) is 18.1 Å². The lowest BCUT2D eigenvalue weighted by Crippen LogP contribution is -2.37.